The van der Waals surface area contributed by atoms with E-state index >= 15 is 0 Å². The van der Waals surface area contributed by atoms with E-state index in [1.165, 1.54) is 11.8 Å². The summed E-state index contributed by atoms with van der Waals surface area (Å²) in [6.45, 7) is 21.9. The third-order valence-electron chi connectivity index (χ3n) is 6.82. The van der Waals surface area contributed by atoms with Crippen molar-refractivity contribution in [3.63, 3.8) is 0 Å². The Kier molecular flexibility index (Phi) is 7.30. The zero-order valence-corrected chi connectivity index (χ0v) is 24.3. The number of hydrogen-bond acceptors (Lipinski definition) is 2. The van der Waals surface area contributed by atoms with Crippen LogP contribution in [0.3, 0.4) is 0 Å². The first-order valence-corrected chi connectivity index (χ1v) is 12.9. The molecule has 4 nitrogen and oxygen atoms in total. The van der Waals surface area contributed by atoms with E-state index in [-0.39, 0.29) is 16.5 Å². The maximum Gasteiger partial charge on any atom is 0.433 e. The Bertz CT molecular complexity index is 1210. The molecule has 204 valence electrons. The van der Waals surface area contributed by atoms with E-state index in [2.05, 4.69) is 57.4 Å². The van der Waals surface area contributed by atoms with Crippen molar-refractivity contribution < 1.29 is 13.2 Å². The molecule has 0 aliphatic carbocycles. The summed E-state index contributed by atoms with van der Waals surface area (Å²) in [5, 5.41) is 8.95. The molecule has 2 aromatic heterocycles. The van der Waals surface area contributed by atoms with E-state index in [1.807, 2.05) is 38.2 Å². The van der Waals surface area contributed by atoms with Crippen LogP contribution in [-0.2, 0) is 40.9 Å². The molecular weight excluding hydrogens is 473 g/mol. The number of alkyl halides is 3. The average molecular weight is 517 g/mol. The molecule has 0 fully saturated rings. The minimum absolute atomic E-state index is 0.0871. The molecule has 37 heavy (non-hydrogen) atoms. The molecule has 2 heterocycles. The standard InChI is InChI=1S/C30H43F3N4/c1-26(2,3)22-18-34-36(27(4,5)6)24(22)16-20-14-12-13-15-21(20)17-29(10,11)23-19-35-37(28(7,8)9)25(23)30(31,32)33/h12-15,18-19H,16-17H2,1-11H3. The fourth-order valence-corrected chi connectivity index (χ4v) is 5.03. The minimum atomic E-state index is -4.50. The van der Waals surface area contributed by atoms with Crippen LogP contribution in [0.4, 0.5) is 13.2 Å². The second kappa shape index (κ2) is 9.32. The second-order valence-electron chi connectivity index (χ2n) is 13.8. The van der Waals surface area contributed by atoms with Crippen molar-refractivity contribution in [2.24, 2.45) is 0 Å². The smallest absolute Gasteiger partial charge is 0.264 e. The maximum absolute atomic E-state index is 14.3. The Labute approximate surface area is 220 Å². The van der Waals surface area contributed by atoms with Crippen LogP contribution in [-0.4, -0.2) is 19.6 Å². The number of hydrogen-bond donors (Lipinski definition) is 0. The summed E-state index contributed by atoms with van der Waals surface area (Å²) in [5.74, 6) is 0. The molecule has 1 aromatic carbocycles. The fourth-order valence-electron chi connectivity index (χ4n) is 5.03. The van der Waals surface area contributed by atoms with Gasteiger partial charge in [-0.25, -0.2) is 0 Å². The van der Waals surface area contributed by atoms with Gasteiger partial charge in [0.2, 0.25) is 0 Å². The summed E-state index contributed by atoms with van der Waals surface area (Å²) in [4.78, 5) is 0. The number of benzene rings is 1. The van der Waals surface area contributed by atoms with Gasteiger partial charge in [0.15, 0.2) is 0 Å². The summed E-state index contributed by atoms with van der Waals surface area (Å²) < 4.78 is 46.2. The van der Waals surface area contributed by atoms with Gasteiger partial charge in [-0.3, -0.25) is 9.36 Å². The van der Waals surface area contributed by atoms with Gasteiger partial charge in [-0.05, 0) is 75.5 Å². The molecule has 0 aliphatic rings. The topological polar surface area (TPSA) is 35.6 Å². The Morgan fingerprint density at radius 2 is 1.16 bits per heavy atom. The minimum Gasteiger partial charge on any atom is -0.264 e. The van der Waals surface area contributed by atoms with Crippen molar-refractivity contribution in [1.82, 2.24) is 19.6 Å². The van der Waals surface area contributed by atoms with Gasteiger partial charge in [0.1, 0.15) is 5.69 Å². The van der Waals surface area contributed by atoms with Gasteiger partial charge >= 0.3 is 6.18 Å². The molecule has 0 bridgehead atoms. The lowest BCUT2D eigenvalue weighted by Crippen LogP contribution is -2.32. The predicted octanol–water partition coefficient (Wildman–Crippen LogP) is 8.02. The highest BCUT2D eigenvalue weighted by atomic mass is 19.4. The molecule has 0 unspecified atom stereocenters. The molecular formula is C30H43F3N4. The Balaban J connectivity index is 2.09. The first-order valence-electron chi connectivity index (χ1n) is 12.9. The molecule has 0 amide bonds. The quantitative estimate of drug-likeness (QED) is 0.344. The maximum atomic E-state index is 14.3. The van der Waals surface area contributed by atoms with Crippen LogP contribution in [0.5, 0.6) is 0 Å². The number of rotatable bonds is 5. The number of nitrogens with zero attached hydrogens (tertiary/aromatic N) is 4. The van der Waals surface area contributed by atoms with E-state index in [9.17, 15) is 13.2 Å². The van der Waals surface area contributed by atoms with E-state index in [0.717, 1.165) is 21.5 Å². The summed E-state index contributed by atoms with van der Waals surface area (Å²) >= 11 is 0. The predicted molar refractivity (Wildman–Crippen MR) is 144 cm³/mol. The van der Waals surface area contributed by atoms with E-state index in [0.29, 0.717) is 12.8 Å². The molecule has 0 saturated carbocycles. The number of aromatic nitrogens is 4. The lowest BCUT2D eigenvalue weighted by atomic mass is 9.77. The van der Waals surface area contributed by atoms with Gasteiger partial charge in [0, 0.05) is 17.7 Å². The largest absolute Gasteiger partial charge is 0.433 e. The molecule has 3 rings (SSSR count). The van der Waals surface area contributed by atoms with Gasteiger partial charge < -0.3 is 0 Å². The summed E-state index contributed by atoms with van der Waals surface area (Å²) in [6.07, 6.45) is -0.0243. The van der Waals surface area contributed by atoms with Gasteiger partial charge in [-0.1, -0.05) is 58.9 Å². The molecule has 0 aliphatic heterocycles. The normalized spacial score (nSPS) is 13.9. The first-order chi connectivity index (χ1) is 16.6. The van der Waals surface area contributed by atoms with Crippen molar-refractivity contribution in [1.29, 1.82) is 0 Å². The van der Waals surface area contributed by atoms with Crippen LogP contribution in [0.2, 0.25) is 0 Å². The molecule has 0 saturated heterocycles. The zero-order chi connectivity index (χ0) is 28.2. The van der Waals surface area contributed by atoms with Crippen LogP contribution in [0.15, 0.2) is 36.7 Å². The lowest BCUT2D eigenvalue weighted by molar-refractivity contribution is -0.147. The molecule has 3 aromatic rings. The van der Waals surface area contributed by atoms with Crippen molar-refractivity contribution >= 4 is 0 Å². The molecule has 0 spiro atoms. The lowest BCUT2D eigenvalue weighted by Gasteiger charge is -2.30. The summed E-state index contributed by atoms with van der Waals surface area (Å²) in [5.41, 5.74) is 2.15. The Hall–Kier alpha value is -2.57. The van der Waals surface area contributed by atoms with Crippen molar-refractivity contribution in [2.75, 3.05) is 0 Å². The first kappa shape index (κ1) is 29.0. The fraction of sp³-hybridized carbons (Fsp3) is 0.600. The van der Waals surface area contributed by atoms with Gasteiger partial charge in [0.25, 0.3) is 0 Å². The van der Waals surface area contributed by atoms with Crippen LogP contribution < -0.4 is 0 Å². The molecule has 0 N–H and O–H groups in total. The monoisotopic (exact) mass is 516 g/mol. The summed E-state index contributed by atoms with van der Waals surface area (Å²) in [7, 11) is 0. The van der Waals surface area contributed by atoms with Crippen molar-refractivity contribution in [2.45, 2.75) is 117 Å². The van der Waals surface area contributed by atoms with Gasteiger partial charge in [-0.15, -0.1) is 0 Å². The van der Waals surface area contributed by atoms with E-state index in [1.54, 1.807) is 20.8 Å². The second-order valence-corrected chi connectivity index (χ2v) is 13.8. The molecule has 0 radical (unpaired) electrons. The summed E-state index contributed by atoms with van der Waals surface area (Å²) in [6, 6.07) is 8.08. The van der Waals surface area contributed by atoms with Crippen LogP contribution >= 0.6 is 0 Å². The van der Waals surface area contributed by atoms with Gasteiger partial charge in [-0.2, -0.15) is 23.4 Å². The Morgan fingerprint density at radius 1 is 0.676 bits per heavy atom. The van der Waals surface area contributed by atoms with Crippen molar-refractivity contribution in [3.8, 4) is 0 Å². The molecule has 7 heteroatoms. The third-order valence-corrected chi connectivity index (χ3v) is 6.82. The van der Waals surface area contributed by atoms with E-state index < -0.39 is 22.8 Å². The van der Waals surface area contributed by atoms with Crippen LogP contribution in [0.25, 0.3) is 0 Å². The zero-order valence-electron chi connectivity index (χ0n) is 24.3. The van der Waals surface area contributed by atoms with Gasteiger partial charge in [0.05, 0.1) is 23.5 Å². The average Bonchev–Trinajstić information content (AvgIpc) is 3.33. The Morgan fingerprint density at radius 3 is 1.65 bits per heavy atom. The number of halogens is 3. The third kappa shape index (κ3) is 6.12. The van der Waals surface area contributed by atoms with E-state index in [4.69, 9.17) is 5.10 Å². The van der Waals surface area contributed by atoms with Crippen LogP contribution in [0, 0.1) is 0 Å². The van der Waals surface area contributed by atoms with Crippen LogP contribution in [0.1, 0.15) is 110 Å². The highest BCUT2D eigenvalue weighted by Gasteiger charge is 2.44. The SMILES string of the molecule is CC(C)(C)c1cnn(C(C)(C)C)c1Cc1ccccc1CC(C)(C)c1cnn(C(C)(C)C)c1C(F)(F)F. The molecule has 0 atom stereocenters. The van der Waals surface area contributed by atoms with Crippen molar-refractivity contribution in [3.05, 3.63) is 70.3 Å². The highest BCUT2D eigenvalue weighted by Crippen LogP contribution is 2.41. The highest BCUT2D eigenvalue weighted by molar-refractivity contribution is 5.39.